The van der Waals surface area contributed by atoms with E-state index in [1.54, 1.807) is 11.8 Å². The lowest BCUT2D eigenvalue weighted by Gasteiger charge is -2.09. The number of rotatable bonds is 4. The van der Waals surface area contributed by atoms with Crippen LogP contribution in [0.25, 0.3) is 22.5 Å². The van der Waals surface area contributed by atoms with Gasteiger partial charge in [0.25, 0.3) is 0 Å². The summed E-state index contributed by atoms with van der Waals surface area (Å²) in [5, 5.41) is 9.39. The summed E-state index contributed by atoms with van der Waals surface area (Å²) in [7, 11) is 0. The lowest BCUT2D eigenvalue weighted by molar-refractivity contribution is 0.850. The van der Waals surface area contributed by atoms with Gasteiger partial charge in [0.05, 0.1) is 0 Å². The van der Waals surface area contributed by atoms with Crippen LogP contribution in [0.4, 0.5) is 0 Å². The van der Waals surface area contributed by atoms with Gasteiger partial charge in [0.1, 0.15) is 11.4 Å². The molecule has 0 aliphatic carbocycles. The molecule has 0 aliphatic heterocycles. The van der Waals surface area contributed by atoms with Gasteiger partial charge in [0.2, 0.25) is 5.16 Å². The van der Waals surface area contributed by atoms with E-state index < -0.39 is 0 Å². The van der Waals surface area contributed by atoms with Crippen LogP contribution in [0.5, 0.6) is 0 Å². The second-order valence-electron chi connectivity index (χ2n) is 4.74. The second-order valence-corrected chi connectivity index (χ2v) is 7.80. The topological polar surface area (TPSA) is 38.7 Å². The molecule has 3 rings (SSSR count). The molecular formula is C17H13Br2N3S. The van der Waals surface area contributed by atoms with Gasteiger partial charge in [-0.3, -0.25) is 0 Å². The Kier molecular flexibility index (Phi) is 5.46. The summed E-state index contributed by atoms with van der Waals surface area (Å²) in [6.45, 7) is 2.08. The van der Waals surface area contributed by atoms with Crippen molar-refractivity contribution in [1.82, 2.24) is 15.2 Å². The first-order valence-corrected chi connectivity index (χ1v) is 9.64. The van der Waals surface area contributed by atoms with Crippen molar-refractivity contribution >= 4 is 43.6 Å². The van der Waals surface area contributed by atoms with Gasteiger partial charge in [-0.2, -0.15) is 0 Å². The lowest BCUT2D eigenvalue weighted by Crippen LogP contribution is -1.99. The molecule has 3 nitrogen and oxygen atoms in total. The van der Waals surface area contributed by atoms with Gasteiger partial charge in [-0.1, -0.05) is 74.8 Å². The molecule has 0 fully saturated rings. The summed E-state index contributed by atoms with van der Waals surface area (Å²) in [5.41, 5.74) is 3.67. The van der Waals surface area contributed by atoms with Gasteiger partial charge in [-0.05, 0) is 30.0 Å². The molecule has 1 heterocycles. The average Bonchev–Trinajstić information content (AvgIpc) is 2.57. The highest BCUT2D eigenvalue weighted by atomic mass is 79.9. The zero-order chi connectivity index (χ0) is 16.2. The van der Waals surface area contributed by atoms with E-state index in [0.29, 0.717) is 5.16 Å². The molecule has 0 radical (unpaired) electrons. The van der Waals surface area contributed by atoms with Gasteiger partial charge < -0.3 is 0 Å². The van der Waals surface area contributed by atoms with Crippen LogP contribution in [0, 0.1) is 0 Å². The monoisotopic (exact) mass is 449 g/mol. The Balaban J connectivity index is 2.14. The third-order valence-electron chi connectivity index (χ3n) is 3.18. The third-order valence-corrected chi connectivity index (χ3v) is 4.95. The number of hydrogen-bond donors (Lipinski definition) is 0. The first-order valence-electron chi connectivity index (χ1n) is 7.07. The van der Waals surface area contributed by atoms with Crippen molar-refractivity contribution in [3.8, 4) is 22.5 Å². The predicted octanol–water partition coefficient (Wildman–Crippen LogP) is 5.84. The smallest absolute Gasteiger partial charge is 0.209 e. The Hall–Kier alpha value is -1.24. The Morgan fingerprint density at radius 2 is 1.30 bits per heavy atom. The standard InChI is InChI=1S/C17H13Br2N3S/c1-2-23-17-20-15(11-3-7-13(18)8-4-11)16(21-22-17)12-5-9-14(19)10-6-12/h3-10H,2H2,1H3. The Morgan fingerprint density at radius 3 is 1.83 bits per heavy atom. The van der Waals surface area contributed by atoms with Crippen LogP contribution in [0.3, 0.4) is 0 Å². The van der Waals surface area contributed by atoms with Crippen molar-refractivity contribution in [3.63, 3.8) is 0 Å². The number of halogens is 2. The van der Waals surface area contributed by atoms with Crippen molar-refractivity contribution in [3.05, 3.63) is 57.5 Å². The maximum absolute atomic E-state index is 4.72. The number of thioether (sulfide) groups is 1. The van der Waals surface area contributed by atoms with Crippen molar-refractivity contribution in [2.75, 3.05) is 5.75 Å². The van der Waals surface area contributed by atoms with E-state index in [4.69, 9.17) is 4.98 Å². The van der Waals surface area contributed by atoms with Gasteiger partial charge in [-0.25, -0.2) is 4.98 Å². The highest BCUT2D eigenvalue weighted by molar-refractivity contribution is 9.10. The van der Waals surface area contributed by atoms with E-state index in [1.165, 1.54) is 0 Å². The van der Waals surface area contributed by atoms with Crippen molar-refractivity contribution < 1.29 is 0 Å². The Labute approximate surface area is 156 Å². The Morgan fingerprint density at radius 1 is 0.783 bits per heavy atom. The fourth-order valence-corrected chi connectivity index (χ4v) is 3.15. The molecule has 0 atom stereocenters. The first-order chi connectivity index (χ1) is 11.2. The quantitative estimate of drug-likeness (QED) is 0.467. The highest BCUT2D eigenvalue weighted by Crippen LogP contribution is 2.31. The molecule has 0 saturated carbocycles. The molecule has 1 aromatic heterocycles. The van der Waals surface area contributed by atoms with E-state index in [-0.39, 0.29) is 0 Å². The van der Waals surface area contributed by atoms with Crippen LogP contribution in [0.2, 0.25) is 0 Å². The fourth-order valence-electron chi connectivity index (χ4n) is 2.11. The third kappa shape index (κ3) is 4.00. The molecule has 0 unspecified atom stereocenters. The van der Waals surface area contributed by atoms with Crippen LogP contribution >= 0.6 is 43.6 Å². The molecule has 0 bridgehead atoms. The maximum atomic E-state index is 4.72. The number of benzene rings is 2. The van der Waals surface area contributed by atoms with Gasteiger partial charge in [-0.15, -0.1) is 10.2 Å². The largest absolute Gasteiger partial charge is 0.219 e. The minimum atomic E-state index is 0.700. The first kappa shape index (κ1) is 16.6. The van der Waals surface area contributed by atoms with E-state index in [0.717, 1.165) is 37.2 Å². The lowest BCUT2D eigenvalue weighted by atomic mass is 10.0. The molecule has 0 N–H and O–H groups in total. The van der Waals surface area contributed by atoms with Crippen LogP contribution in [0.1, 0.15) is 6.92 Å². The van der Waals surface area contributed by atoms with Crippen LogP contribution in [-0.4, -0.2) is 20.9 Å². The number of aromatic nitrogens is 3. The SMILES string of the molecule is CCSc1nnc(-c2ccc(Br)cc2)c(-c2ccc(Br)cc2)n1. The van der Waals surface area contributed by atoms with Crippen molar-refractivity contribution in [1.29, 1.82) is 0 Å². The van der Waals surface area contributed by atoms with Gasteiger partial charge in [0.15, 0.2) is 0 Å². The number of nitrogens with zero attached hydrogens (tertiary/aromatic N) is 3. The molecule has 116 valence electrons. The van der Waals surface area contributed by atoms with Gasteiger partial charge in [0, 0.05) is 20.1 Å². The van der Waals surface area contributed by atoms with Crippen LogP contribution < -0.4 is 0 Å². The molecule has 3 aromatic rings. The van der Waals surface area contributed by atoms with Crippen LogP contribution in [-0.2, 0) is 0 Å². The number of hydrogen-bond acceptors (Lipinski definition) is 4. The summed E-state index contributed by atoms with van der Waals surface area (Å²) in [6.07, 6.45) is 0. The minimum absolute atomic E-state index is 0.700. The molecule has 23 heavy (non-hydrogen) atoms. The average molecular weight is 451 g/mol. The highest BCUT2D eigenvalue weighted by Gasteiger charge is 2.13. The molecule has 0 spiro atoms. The fraction of sp³-hybridized carbons (Fsp3) is 0.118. The second kappa shape index (κ2) is 7.55. The summed E-state index contributed by atoms with van der Waals surface area (Å²) in [5.74, 6) is 0.916. The molecule has 2 aromatic carbocycles. The van der Waals surface area contributed by atoms with E-state index >= 15 is 0 Å². The van der Waals surface area contributed by atoms with E-state index in [2.05, 4.69) is 49.0 Å². The predicted molar refractivity (Wildman–Crippen MR) is 102 cm³/mol. The van der Waals surface area contributed by atoms with Crippen molar-refractivity contribution in [2.45, 2.75) is 12.1 Å². The molecular weight excluding hydrogens is 438 g/mol. The molecule has 0 saturated heterocycles. The van der Waals surface area contributed by atoms with E-state index in [9.17, 15) is 0 Å². The zero-order valence-electron chi connectivity index (χ0n) is 12.3. The van der Waals surface area contributed by atoms with Crippen molar-refractivity contribution in [2.24, 2.45) is 0 Å². The zero-order valence-corrected chi connectivity index (χ0v) is 16.3. The van der Waals surface area contributed by atoms with Crippen LogP contribution in [0.15, 0.2) is 62.6 Å². The normalized spacial score (nSPS) is 10.7. The van der Waals surface area contributed by atoms with Gasteiger partial charge >= 0.3 is 0 Å². The van der Waals surface area contributed by atoms with E-state index in [1.807, 2.05) is 48.5 Å². The Bertz CT molecular complexity index is 805. The summed E-state index contributed by atoms with van der Waals surface area (Å²) >= 11 is 8.52. The maximum Gasteiger partial charge on any atom is 0.209 e. The minimum Gasteiger partial charge on any atom is -0.219 e. The summed E-state index contributed by atoms with van der Waals surface area (Å²) in [4.78, 5) is 4.72. The molecule has 0 aliphatic rings. The molecule has 0 amide bonds. The summed E-state index contributed by atoms with van der Waals surface area (Å²) < 4.78 is 2.07. The molecule has 6 heteroatoms. The summed E-state index contributed by atoms with van der Waals surface area (Å²) in [6, 6.07) is 16.1.